The molecule has 0 unspecified atom stereocenters. The third kappa shape index (κ3) is 2.94. The first-order valence-corrected chi connectivity index (χ1v) is 6.41. The van der Waals surface area contributed by atoms with Gasteiger partial charge in [-0.1, -0.05) is 5.16 Å². The van der Waals surface area contributed by atoms with Crippen molar-refractivity contribution in [3.63, 3.8) is 0 Å². The van der Waals surface area contributed by atoms with E-state index in [0.717, 1.165) is 11.3 Å². The number of aliphatic carboxylic acids is 1. The van der Waals surface area contributed by atoms with Gasteiger partial charge in [0.1, 0.15) is 5.76 Å². The molecule has 2 rings (SSSR count). The molecule has 1 saturated carbocycles. The number of hydrogen-bond acceptors (Lipinski definition) is 4. The van der Waals surface area contributed by atoms with E-state index in [1.807, 2.05) is 6.92 Å². The second kappa shape index (κ2) is 5.42. The van der Waals surface area contributed by atoms with Crippen molar-refractivity contribution in [3.05, 3.63) is 17.0 Å². The number of hydrogen-bond donors (Lipinski definition) is 2. The van der Waals surface area contributed by atoms with Crippen LogP contribution < -0.4 is 5.32 Å². The Morgan fingerprint density at radius 3 is 2.58 bits per heavy atom. The first-order chi connectivity index (χ1) is 8.99. The molecule has 1 aromatic rings. The van der Waals surface area contributed by atoms with Gasteiger partial charge in [-0.2, -0.15) is 0 Å². The van der Waals surface area contributed by atoms with E-state index < -0.39 is 5.97 Å². The van der Waals surface area contributed by atoms with E-state index in [9.17, 15) is 9.59 Å². The molecule has 2 N–H and O–H groups in total. The molecule has 1 heterocycles. The van der Waals surface area contributed by atoms with Gasteiger partial charge in [-0.25, -0.2) is 0 Å². The number of carbonyl (C=O) groups is 2. The average molecular weight is 266 g/mol. The highest BCUT2D eigenvalue weighted by Crippen LogP contribution is 2.31. The van der Waals surface area contributed by atoms with Crippen LogP contribution in [0.15, 0.2) is 4.52 Å². The average Bonchev–Trinajstić information content (AvgIpc) is 2.95. The van der Waals surface area contributed by atoms with Crippen LogP contribution in [0.4, 0.5) is 0 Å². The van der Waals surface area contributed by atoms with E-state index in [1.54, 1.807) is 6.92 Å². The number of carboxylic acid groups (broad SMARTS) is 1. The highest BCUT2D eigenvalue weighted by Gasteiger charge is 2.33. The Morgan fingerprint density at radius 2 is 2.05 bits per heavy atom. The molecule has 1 fully saturated rings. The van der Waals surface area contributed by atoms with E-state index in [1.165, 1.54) is 0 Å². The minimum absolute atomic E-state index is 0.0799. The summed E-state index contributed by atoms with van der Waals surface area (Å²) in [5.41, 5.74) is 1.66. The van der Waals surface area contributed by atoms with Crippen LogP contribution in [0.25, 0.3) is 0 Å². The fourth-order valence-corrected chi connectivity index (χ4v) is 2.52. The molecule has 2 atom stereocenters. The quantitative estimate of drug-likeness (QED) is 0.859. The lowest BCUT2D eigenvalue weighted by atomic mass is 10.0. The second-order valence-corrected chi connectivity index (χ2v) is 5.07. The van der Waals surface area contributed by atoms with Crippen LogP contribution in [0.1, 0.15) is 36.3 Å². The van der Waals surface area contributed by atoms with Gasteiger partial charge in [-0.3, -0.25) is 9.59 Å². The third-order valence-electron chi connectivity index (χ3n) is 3.77. The summed E-state index contributed by atoms with van der Waals surface area (Å²) in [6.45, 7) is 4.01. The number of nitrogens with one attached hydrogen (secondary N) is 1. The van der Waals surface area contributed by atoms with Crippen LogP contribution in [0.2, 0.25) is 0 Å². The summed E-state index contributed by atoms with van der Waals surface area (Å²) in [5.74, 6) is -0.756. The zero-order valence-electron chi connectivity index (χ0n) is 11.1. The SMILES string of the molecule is Cc1noc(C)c1CNC(=O)[C@@H]1CC[C@H](C(=O)O)C1. The monoisotopic (exact) mass is 266 g/mol. The number of carbonyl (C=O) groups excluding carboxylic acids is 1. The molecular formula is C13H18N2O4. The molecule has 1 aliphatic carbocycles. The van der Waals surface area contributed by atoms with Crippen molar-refractivity contribution in [1.29, 1.82) is 0 Å². The zero-order chi connectivity index (χ0) is 14.0. The van der Waals surface area contributed by atoms with E-state index >= 15 is 0 Å². The Kier molecular flexibility index (Phi) is 3.87. The molecule has 1 aliphatic rings. The van der Waals surface area contributed by atoms with Gasteiger partial charge < -0.3 is 14.9 Å². The van der Waals surface area contributed by atoms with Gasteiger partial charge in [-0.15, -0.1) is 0 Å². The van der Waals surface area contributed by atoms with Crippen molar-refractivity contribution >= 4 is 11.9 Å². The van der Waals surface area contributed by atoms with E-state index in [0.29, 0.717) is 31.6 Å². The lowest BCUT2D eigenvalue weighted by Crippen LogP contribution is -2.29. The predicted molar refractivity (Wildman–Crippen MR) is 66.3 cm³/mol. The zero-order valence-corrected chi connectivity index (χ0v) is 11.1. The normalized spacial score (nSPS) is 22.4. The fourth-order valence-electron chi connectivity index (χ4n) is 2.52. The van der Waals surface area contributed by atoms with Crippen LogP contribution in [0.5, 0.6) is 0 Å². The molecule has 6 nitrogen and oxygen atoms in total. The molecule has 104 valence electrons. The summed E-state index contributed by atoms with van der Waals surface area (Å²) in [7, 11) is 0. The second-order valence-electron chi connectivity index (χ2n) is 5.07. The number of amides is 1. The maximum Gasteiger partial charge on any atom is 0.306 e. The summed E-state index contributed by atoms with van der Waals surface area (Å²) in [5, 5.41) is 15.6. The molecule has 0 aliphatic heterocycles. The van der Waals surface area contributed by atoms with Crippen LogP contribution in [-0.2, 0) is 16.1 Å². The van der Waals surface area contributed by atoms with Crippen LogP contribution >= 0.6 is 0 Å². The molecule has 0 bridgehead atoms. The summed E-state index contributed by atoms with van der Waals surface area (Å²) in [6.07, 6.45) is 1.66. The molecule has 19 heavy (non-hydrogen) atoms. The van der Waals surface area contributed by atoms with Gasteiger partial charge in [0.2, 0.25) is 5.91 Å². The van der Waals surface area contributed by atoms with Gasteiger partial charge in [-0.05, 0) is 33.1 Å². The molecule has 0 spiro atoms. The Balaban J connectivity index is 1.87. The van der Waals surface area contributed by atoms with Crippen molar-refractivity contribution in [3.8, 4) is 0 Å². The Morgan fingerprint density at radius 1 is 1.37 bits per heavy atom. The van der Waals surface area contributed by atoms with Crippen molar-refractivity contribution in [2.24, 2.45) is 11.8 Å². The van der Waals surface area contributed by atoms with E-state index in [2.05, 4.69) is 10.5 Å². The Labute approximate surface area is 111 Å². The standard InChI is InChI=1S/C13H18N2O4/c1-7-11(8(2)19-15-7)6-14-12(16)9-3-4-10(5-9)13(17)18/h9-10H,3-6H2,1-2H3,(H,14,16)(H,17,18)/t9-,10+/m1/s1. The van der Waals surface area contributed by atoms with E-state index in [4.69, 9.17) is 9.63 Å². The number of aromatic nitrogens is 1. The van der Waals surface area contributed by atoms with Gasteiger partial charge in [0.05, 0.1) is 11.6 Å². The van der Waals surface area contributed by atoms with Crippen molar-refractivity contribution in [1.82, 2.24) is 10.5 Å². The summed E-state index contributed by atoms with van der Waals surface area (Å²) >= 11 is 0. The number of nitrogens with zero attached hydrogens (tertiary/aromatic N) is 1. The minimum atomic E-state index is -0.805. The summed E-state index contributed by atoms with van der Waals surface area (Å²) < 4.78 is 5.02. The first-order valence-electron chi connectivity index (χ1n) is 6.41. The summed E-state index contributed by atoms with van der Waals surface area (Å²) in [6, 6.07) is 0. The third-order valence-corrected chi connectivity index (χ3v) is 3.77. The molecular weight excluding hydrogens is 248 g/mol. The molecule has 0 radical (unpaired) electrons. The van der Waals surface area contributed by atoms with E-state index in [-0.39, 0.29) is 17.7 Å². The van der Waals surface area contributed by atoms with Crippen molar-refractivity contribution in [2.45, 2.75) is 39.7 Å². The maximum absolute atomic E-state index is 12.0. The number of aryl methyl sites for hydroxylation is 2. The Hall–Kier alpha value is -1.85. The molecule has 0 saturated heterocycles. The first kappa shape index (κ1) is 13.6. The lowest BCUT2D eigenvalue weighted by Gasteiger charge is -2.10. The lowest BCUT2D eigenvalue weighted by molar-refractivity contribution is -0.141. The highest BCUT2D eigenvalue weighted by atomic mass is 16.5. The van der Waals surface area contributed by atoms with Crippen molar-refractivity contribution in [2.75, 3.05) is 0 Å². The minimum Gasteiger partial charge on any atom is -0.481 e. The molecule has 0 aromatic carbocycles. The van der Waals surface area contributed by atoms with Gasteiger partial charge in [0.15, 0.2) is 0 Å². The van der Waals surface area contributed by atoms with Gasteiger partial charge in [0.25, 0.3) is 0 Å². The number of carboxylic acids is 1. The van der Waals surface area contributed by atoms with Crippen LogP contribution in [0.3, 0.4) is 0 Å². The molecule has 1 aromatic heterocycles. The Bertz CT molecular complexity index is 475. The fraction of sp³-hybridized carbons (Fsp3) is 0.615. The van der Waals surface area contributed by atoms with Gasteiger partial charge >= 0.3 is 5.97 Å². The molecule has 1 amide bonds. The van der Waals surface area contributed by atoms with Crippen LogP contribution in [0, 0.1) is 25.7 Å². The highest BCUT2D eigenvalue weighted by molar-refractivity contribution is 5.80. The molecule has 6 heteroatoms. The smallest absolute Gasteiger partial charge is 0.306 e. The predicted octanol–water partition coefficient (Wildman–Crippen LogP) is 1.41. The summed E-state index contributed by atoms with van der Waals surface area (Å²) in [4.78, 5) is 22.8. The largest absolute Gasteiger partial charge is 0.481 e. The maximum atomic E-state index is 12.0. The topological polar surface area (TPSA) is 92.4 Å². The van der Waals surface area contributed by atoms with Crippen LogP contribution in [-0.4, -0.2) is 22.1 Å². The number of rotatable bonds is 4. The van der Waals surface area contributed by atoms with Crippen molar-refractivity contribution < 1.29 is 19.2 Å². The van der Waals surface area contributed by atoms with Gasteiger partial charge in [0, 0.05) is 18.0 Å².